The third-order valence-corrected chi connectivity index (χ3v) is 5.07. The molecule has 0 aliphatic rings. The normalized spacial score (nSPS) is 11.9. The maximum absolute atomic E-state index is 12.8. The first kappa shape index (κ1) is 17.9. The van der Waals surface area contributed by atoms with E-state index >= 15 is 0 Å². The Morgan fingerprint density at radius 2 is 2.07 bits per heavy atom. The number of carbonyl (C=O) groups is 1. The van der Waals surface area contributed by atoms with Gasteiger partial charge in [0, 0.05) is 36.3 Å². The summed E-state index contributed by atoms with van der Waals surface area (Å²) in [6.07, 6.45) is 5.61. The van der Waals surface area contributed by atoms with Crippen LogP contribution >= 0.6 is 11.3 Å². The Kier molecular flexibility index (Phi) is 5.43. The number of hydrogen-bond acceptors (Lipinski definition) is 7. The van der Waals surface area contributed by atoms with E-state index in [-0.39, 0.29) is 5.91 Å². The number of carbonyl (C=O) groups excluding carboxylic acids is 1. The number of nitrogens with one attached hydrogen (secondary N) is 1. The SMILES string of the molecule is O=C(NCCc1csc(-c2cccnc2)n1)[C@@H](c1ccccc1)n1cnnn1. The first-order chi connectivity index (χ1) is 13.8. The molecule has 1 amide bonds. The summed E-state index contributed by atoms with van der Waals surface area (Å²) in [6, 6.07) is 12.7. The Labute approximate surface area is 165 Å². The van der Waals surface area contributed by atoms with Crippen molar-refractivity contribution < 1.29 is 4.79 Å². The minimum absolute atomic E-state index is 0.166. The molecule has 3 heterocycles. The molecule has 0 aliphatic carbocycles. The van der Waals surface area contributed by atoms with E-state index in [1.54, 1.807) is 23.7 Å². The van der Waals surface area contributed by atoms with Gasteiger partial charge in [-0.1, -0.05) is 30.3 Å². The van der Waals surface area contributed by atoms with E-state index in [0.717, 1.165) is 21.8 Å². The molecule has 0 fully saturated rings. The van der Waals surface area contributed by atoms with Crippen molar-refractivity contribution in [2.24, 2.45) is 0 Å². The average Bonchev–Trinajstić information content (AvgIpc) is 3.42. The highest BCUT2D eigenvalue weighted by Gasteiger charge is 2.23. The molecular formula is C19H17N7OS. The fraction of sp³-hybridized carbons (Fsp3) is 0.158. The van der Waals surface area contributed by atoms with Crippen LogP contribution in [0.25, 0.3) is 10.6 Å². The first-order valence-corrected chi connectivity index (χ1v) is 9.59. The van der Waals surface area contributed by atoms with Crippen LogP contribution in [0.2, 0.25) is 0 Å². The molecular weight excluding hydrogens is 374 g/mol. The van der Waals surface area contributed by atoms with Gasteiger partial charge in [-0.15, -0.1) is 16.4 Å². The molecule has 9 heteroatoms. The molecule has 8 nitrogen and oxygen atoms in total. The molecule has 0 aliphatic heterocycles. The predicted molar refractivity (Wildman–Crippen MR) is 104 cm³/mol. The van der Waals surface area contributed by atoms with Crippen molar-refractivity contribution in [2.45, 2.75) is 12.5 Å². The van der Waals surface area contributed by atoms with Crippen molar-refractivity contribution in [1.82, 2.24) is 35.5 Å². The van der Waals surface area contributed by atoms with Crippen LogP contribution in [0.5, 0.6) is 0 Å². The van der Waals surface area contributed by atoms with Gasteiger partial charge in [-0.25, -0.2) is 9.67 Å². The summed E-state index contributed by atoms with van der Waals surface area (Å²) in [4.78, 5) is 21.5. The van der Waals surface area contributed by atoms with Crippen LogP contribution in [-0.4, -0.2) is 42.6 Å². The lowest BCUT2D eigenvalue weighted by Gasteiger charge is -2.16. The lowest BCUT2D eigenvalue weighted by molar-refractivity contribution is -0.123. The number of hydrogen-bond donors (Lipinski definition) is 1. The fourth-order valence-electron chi connectivity index (χ4n) is 2.80. The van der Waals surface area contributed by atoms with Crippen molar-refractivity contribution in [3.8, 4) is 10.6 Å². The molecule has 4 rings (SSSR count). The molecule has 0 radical (unpaired) electrons. The summed E-state index contributed by atoms with van der Waals surface area (Å²) in [5.74, 6) is -0.166. The van der Waals surface area contributed by atoms with E-state index in [1.165, 1.54) is 11.0 Å². The minimum atomic E-state index is -0.613. The molecule has 28 heavy (non-hydrogen) atoms. The average molecular weight is 391 g/mol. The zero-order chi connectivity index (χ0) is 19.2. The van der Waals surface area contributed by atoms with Gasteiger partial charge in [0.15, 0.2) is 6.04 Å². The number of amides is 1. The molecule has 0 unspecified atom stereocenters. The van der Waals surface area contributed by atoms with Crippen LogP contribution < -0.4 is 5.32 Å². The Morgan fingerprint density at radius 3 is 2.82 bits per heavy atom. The summed E-state index contributed by atoms with van der Waals surface area (Å²) in [6.45, 7) is 0.473. The van der Waals surface area contributed by atoms with Crippen LogP contribution in [0.3, 0.4) is 0 Å². The predicted octanol–water partition coefficient (Wildman–Crippen LogP) is 2.14. The highest BCUT2D eigenvalue weighted by atomic mass is 32.1. The summed E-state index contributed by atoms with van der Waals surface area (Å²) >= 11 is 1.57. The topological polar surface area (TPSA) is 98.5 Å². The quantitative estimate of drug-likeness (QED) is 0.518. The van der Waals surface area contributed by atoms with E-state index in [9.17, 15) is 4.79 Å². The van der Waals surface area contributed by atoms with E-state index in [1.807, 2.05) is 47.8 Å². The zero-order valence-corrected chi connectivity index (χ0v) is 15.7. The van der Waals surface area contributed by atoms with Crippen LogP contribution in [-0.2, 0) is 11.2 Å². The van der Waals surface area contributed by atoms with E-state index in [0.29, 0.717) is 13.0 Å². The van der Waals surface area contributed by atoms with Gasteiger partial charge < -0.3 is 5.32 Å². The monoisotopic (exact) mass is 391 g/mol. The highest BCUT2D eigenvalue weighted by Crippen LogP contribution is 2.22. The van der Waals surface area contributed by atoms with Gasteiger partial charge >= 0.3 is 0 Å². The summed E-state index contributed by atoms with van der Waals surface area (Å²) < 4.78 is 1.45. The largest absolute Gasteiger partial charge is 0.354 e. The molecule has 0 bridgehead atoms. The number of aromatic nitrogens is 6. The van der Waals surface area contributed by atoms with E-state index in [2.05, 4.69) is 30.8 Å². The molecule has 0 spiro atoms. The summed E-state index contributed by atoms with van der Waals surface area (Å²) in [7, 11) is 0. The molecule has 4 aromatic rings. The van der Waals surface area contributed by atoms with Crippen LogP contribution in [0, 0.1) is 0 Å². The molecule has 1 aromatic carbocycles. The maximum Gasteiger partial charge on any atom is 0.249 e. The van der Waals surface area contributed by atoms with Crippen molar-refractivity contribution in [3.05, 3.63) is 77.8 Å². The lowest BCUT2D eigenvalue weighted by atomic mass is 10.1. The smallest absolute Gasteiger partial charge is 0.249 e. The van der Waals surface area contributed by atoms with Gasteiger partial charge in [0.05, 0.1) is 5.69 Å². The summed E-state index contributed by atoms with van der Waals surface area (Å²) in [5.41, 5.74) is 2.74. The van der Waals surface area contributed by atoms with Crippen LogP contribution in [0.15, 0.2) is 66.6 Å². The van der Waals surface area contributed by atoms with E-state index < -0.39 is 6.04 Å². The maximum atomic E-state index is 12.8. The third kappa shape index (κ3) is 4.09. The number of benzene rings is 1. The van der Waals surface area contributed by atoms with Gasteiger partial charge in [0.1, 0.15) is 11.3 Å². The van der Waals surface area contributed by atoms with Gasteiger partial charge in [0.2, 0.25) is 5.91 Å². The zero-order valence-electron chi connectivity index (χ0n) is 14.8. The Bertz CT molecular complexity index is 1020. The fourth-order valence-corrected chi connectivity index (χ4v) is 3.65. The van der Waals surface area contributed by atoms with Gasteiger partial charge in [0.25, 0.3) is 0 Å². The first-order valence-electron chi connectivity index (χ1n) is 8.71. The molecule has 1 atom stereocenters. The van der Waals surface area contributed by atoms with Gasteiger partial charge in [-0.3, -0.25) is 9.78 Å². The van der Waals surface area contributed by atoms with E-state index in [4.69, 9.17) is 0 Å². The third-order valence-electron chi connectivity index (χ3n) is 4.13. The number of tetrazole rings is 1. The number of nitrogens with zero attached hydrogens (tertiary/aromatic N) is 6. The summed E-state index contributed by atoms with van der Waals surface area (Å²) in [5, 5.41) is 17.1. The molecule has 1 N–H and O–H groups in total. The Morgan fingerprint density at radius 1 is 1.18 bits per heavy atom. The molecule has 140 valence electrons. The second kappa shape index (κ2) is 8.49. The molecule has 3 aromatic heterocycles. The highest BCUT2D eigenvalue weighted by molar-refractivity contribution is 7.13. The van der Waals surface area contributed by atoms with Crippen molar-refractivity contribution in [3.63, 3.8) is 0 Å². The van der Waals surface area contributed by atoms with Crippen molar-refractivity contribution in [2.75, 3.05) is 6.54 Å². The molecule has 0 saturated carbocycles. The Balaban J connectivity index is 1.40. The van der Waals surface area contributed by atoms with Gasteiger partial charge in [-0.2, -0.15) is 0 Å². The standard InChI is InChI=1S/C19H17N7OS/c27-18(17(26-13-22-24-25-26)14-5-2-1-3-6-14)21-10-8-16-12-28-19(23-16)15-7-4-9-20-11-15/h1-7,9,11-13,17H,8,10H2,(H,21,27)/t17-/m1/s1. The molecule has 0 saturated heterocycles. The van der Waals surface area contributed by atoms with Gasteiger partial charge in [-0.05, 0) is 28.1 Å². The second-order valence-corrected chi connectivity index (χ2v) is 6.89. The second-order valence-electron chi connectivity index (χ2n) is 6.03. The number of thiazole rings is 1. The number of rotatable bonds is 7. The number of pyridine rings is 1. The van der Waals surface area contributed by atoms with Crippen LogP contribution in [0.1, 0.15) is 17.3 Å². The van der Waals surface area contributed by atoms with Crippen molar-refractivity contribution >= 4 is 17.2 Å². The lowest BCUT2D eigenvalue weighted by Crippen LogP contribution is -2.35. The van der Waals surface area contributed by atoms with Crippen molar-refractivity contribution in [1.29, 1.82) is 0 Å². The van der Waals surface area contributed by atoms with Crippen LogP contribution in [0.4, 0.5) is 0 Å². The Hall–Kier alpha value is -3.46. The minimum Gasteiger partial charge on any atom is -0.354 e.